The molecule has 0 saturated heterocycles. The van der Waals surface area contributed by atoms with E-state index in [4.69, 9.17) is 4.74 Å². The number of thiophene rings is 1. The summed E-state index contributed by atoms with van der Waals surface area (Å²) in [5.74, 6) is 0.641. The third-order valence-corrected chi connectivity index (χ3v) is 6.86. The van der Waals surface area contributed by atoms with Gasteiger partial charge in [0.15, 0.2) is 0 Å². The molecule has 1 aromatic carbocycles. The van der Waals surface area contributed by atoms with Crippen molar-refractivity contribution in [1.82, 2.24) is 9.62 Å². The van der Waals surface area contributed by atoms with Crippen molar-refractivity contribution in [2.75, 3.05) is 20.2 Å². The quantitative estimate of drug-likeness (QED) is 0.853. The summed E-state index contributed by atoms with van der Waals surface area (Å²) < 4.78 is 32.6. The number of nitrogens with zero attached hydrogens (tertiary/aromatic N) is 1. The van der Waals surface area contributed by atoms with Crippen LogP contribution in [0.3, 0.4) is 0 Å². The van der Waals surface area contributed by atoms with Crippen molar-refractivity contribution in [1.29, 1.82) is 0 Å². The zero-order valence-corrected chi connectivity index (χ0v) is 15.5. The molecule has 7 heteroatoms. The molecule has 0 fully saturated rings. The predicted molar refractivity (Wildman–Crippen MR) is 96.1 cm³/mol. The first-order valence-electron chi connectivity index (χ1n) is 7.92. The van der Waals surface area contributed by atoms with E-state index in [1.54, 1.807) is 31.4 Å². The van der Waals surface area contributed by atoms with Crippen LogP contribution in [0.2, 0.25) is 0 Å². The summed E-state index contributed by atoms with van der Waals surface area (Å²) in [4.78, 5) is 4.04. The summed E-state index contributed by atoms with van der Waals surface area (Å²) in [6.07, 6.45) is 1.04. The van der Waals surface area contributed by atoms with Gasteiger partial charge in [-0.3, -0.25) is 4.90 Å². The lowest BCUT2D eigenvalue weighted by atomic mass is 10.1. The SMILES string of the molecule is COc1ccc(S(=O)(=O)NCC(C)N2CCc3sccc3C2)cc1. The maximum absolute atomic E-state index is 12.4. The summed E-state index contributed by atoms with van der Waals surface area (Å²) in [5.41, 5.74) is 1.37. The molecule has 24 heavy (non-hydrogen) atoms. The van der Waals surface area contributed by atoms with Gasteiger partial charge >= 0.3 is 0 Å². The van der Waals surface area contributed by atoms with Crippen molar-refractivity contribution < 1.29 is 13.2 Å². The van der Waals surface area contributed by atoms with Gasteiger partial charge in [0.25, 0.3) is 0 Å². The molecule has 0 radical (unpaired) electrons. The number of hydrogen-bond donors (Lipinski definition) is 1. The summed E-state index contributed by atoms with van der Waals surface area (Å²) in [7, 11) is -1.94. The molecule has 130 valence electrons. The molecular formula is C17H22N2O3S2. The minimum Gasteiger partial charge on any atom is -0.497 e. The second-order valence-corrected chi connectivity index (χ2v) is 8.73. The Bertz CT molecular complexity index is 784. The number of hydrogen-bond acceptors (Lipinski definition) is 5. The minimum atomic E-state index is -3.50. The first kappa shape index (κ1) is 17.4. The molecule has 1 unspecified atom stereocenters. The highest BCUT2D eigenvalue weighted by molar-refractivity contribution is 7.89. The fraction of sp³-hybridized carbons (Fsp3) is 0.412. The molecule has 1 aromatic heterocycles. The van der Waals surface area contributed by atoms with Crippen LogP contribution in [-0.4, -0.2) is 39.6 Å². The van der Waals surface area contributed by atoms with Gasteiger partial charge in [-0.25, -0.2) is 13.1 Å². The molecule has 3 rings (SSSR count). The maximum atomic E-state index is 12.4. The van der Waals surface area contributed by atoms with Crippen LogP contribution in [-0.2, 0) is 23.0 Å². The highest BCUT2D eigenvalue weighted by atomic mass is 32.2. The molecule has 0 aliphatic carbocycles. The first-order valence-corrected chi connectivity index (χ1v) is 10.3. The number of sulfonamides is 1. The van der Waals surface area contributed by atoms with E-state index in [1.165, 1.54) is 10.4 Å². The van der Waals surface area contributed by atoms with Crippen LogP contribution < -0.4 is 9.46 Å². The van der Waals surface area contributed by atoms with E-state index >= 15 is 0 Å². The second-order valence-electron chi connectivity index (χ2n) is 5.97. The van der Waals surface area contributed by atoms with Crippen molar-refractivity contribution in [2.24, 2.45) is 0 Å². The lowest BCUT2D eigenvalue weighted by Crippen LogP contribution is -2.44. The Morgan fingerprint density at radius 1 is 1.29 bits per heavy atom. The highest BCUT2D eigenvalue weighted by Gasteiger charge is 2.23. The van der Waals surface area contributed by atoms with Crippen LogP contribution in [0.5, 0.6) is 5.75 Å². The minimum absolute atomic E-state index is 0.145. The molecule has 2 heterocycles. The van der Waals surface area contributed by atoms with Gasteiger partial charge in [0.05, 0.1) is 12.0 Å². The molecule has 1 aliphatic heterocycles. The van der Waals surface area contributed by atoms with Gasteiger partial charge in [0.2, 0.25) is 10.0 Å². The van der Waals surface area contributed by atoms with Crippen molar-refractivity contribution >= 4 is 21.4 Å². The Hall–Kier alpha value is -1.41. The van der Waals surface area contributed by atoms with Crippen LogP contribution in [0.15, 0.2) is 40.6 Å². The Morgan fingerprint density at radius 3 is 2.75 bits per heavy atom. The van der Waals surface area contributed by atoms with Gasteiger partial charge in [-0.15, -0.1) is 11.3 Å². The van der Waals surface area contributed by atoms with Crippen LogP contribution in [0, 0.1) is 0 Å². The third kappa shape index (κ3) is 3.80. The van der Waals surface area contributed by atoms with Gasteiger partial charge in [-0.2, -0.15) is 0 Å². The number of methoxy groups -OCH3 is 1. The molecule has 5 nitrogen and oxygen atoms in total. The van der Waals surface area contributed by atoms with E-state index in [-0.39, 0.29) is 10.9 Å². The number of fused-ring (bicyclic) bond motifs is 1. The van der Waals surface area contributed by atoms with Crippen LogP contribution in [0.1, 0.15) is 17.4 Å². The van der Waals surface area contributed by atoms with Gasteiger partial charge in [-0.05, 0) is 54.6 Å². The Labute approximate surface area is 147 Å². The van der Waals surface area contributed by atoms with Gasteiger partial charge in [0, 0.05) is 30.6 Å². The Morgan fingerprint density at radius 2 is 2.04 bits per heavy atom. The highest BCUT2D eigenvalue weighted by Crippen LogP contribution is 2.25. The van der Waals surface area contributed by atoms with Crippen LogP contribution in [0.25, 0.3) is 0 Å². The zero-order valence-electron chi connectivity index (χ0n) is 13.9. The molecule has 0 bridgehead atoms. The fourth-order valence-electron chi connectivity index (χ4n) is 2.84. The average molecular weight is 367 g/mol. The third-order valence-electron chi connectivity index (χ3n) is 4.40. The molecular weight excluding hydrogens is 344 g/mol. The summed E-state index contributed by atoms with van der Waals surface area (Å²) in [5, 5.41) is 2.13. The smallest absolute Gasteiger partial charge is 0.240 e. The lowest BCUT2D eigenvalue weighted by Gasteiger charge is -2.32. The Kier molecular flexibility index (Phi) is 5.24. The first-order chi connectivity index (χ1) is 11.5. The molecule has 1 N–H and O–H groups in total. The average Bonchev–Trinajstić information content (AvgIpc) is 3.07. The molecule has 0 saturated carbocycles. The summed E-state index contributed by atoms with van der Waals surface area (Å²) in [6.45, 7) is 4.32. The normalized spacial score (nSPS) is 16.6. The monoisotopic (exact) mass is 366 g/mol. The predicted octanol–water partition coefficient (Wildman–Crippen LogP) is 2.48. The topological polar surface area (TPSA) is 58.6 Å². The fourth-order valence-corrected chi connectivity index (χ4v) is 4.86. The molecule has 1 atom stereocenters. The molecule has 0 spiro atoms. The molecule has 0 amide bonds. The van der Waals surface area contributed by atoms with E-state index in [0.29, 0.717) is 12.3 Å². The van der Waals surface area contributed by atoms with Crippen LogP contribution in [0.4, 0.5) is 0 Å². The van der Waals surface area contributed by atoms with Crippen molar-refractivity contribution in [2.45, 2.75) is 30.8 Å². The maximum Gasteiger partial charge on any atom is 0.240 e. The van der Waals surface area contributed by atoms with Gasteiger partial charge < -0.3 is 4.74 Å². The summed E-state index contributed by atoms with van der Waals surface area (Å²) in [6, 6.07) is 8.74. The number of benzene rings is 1. The molecule has 2 aromatic rings. The van der Waals surface area contributed by atoms with E-state index in [0.717, 1.165) is 19.5 Å². The Balaban J connectivity index is 1.60. The van der Waals surface area contributed by atoms with Gasteiger partial charge in [-0.1, -0.05) is 0 Å². The molecule has 1 aliphatic rings. The summed E-state index contributed by atoms with van der Waals surface area (Å²) >= 11 is 1.81. The number of rotatable bonds is 6. The number of ether oxygens (including phenoxy) is 1. The second kappa shape index (κ2) is 7.23. The van der Waals surface area contributed by atoms with Crippen molar-refractivity contribution in [3.8, 4) is 5.75 Å². The number of nitrogens with one attached hydrogen (secondary N) is 1. The van der Waals surface area contributed by atoms with E-state index < -0.39 is 10.0 Å². The lowest BCUT2D eigenvalue weighted by molar-refractivity contribution is 0.193. The van der Waals surface area contributed by atoms with E-state index in [2.05, 4.69) is 28.0 Å². The van der Waals surface area contributed by atoms with Gasteiger partial charge in [0.1, 0.15) is 5.75 Å². The van der Waals surface area contributed by atoms with Crippen LogP contribution >= 0.6 is 11.3 Å². The van der Waals surface area contributed by atoms with Crippen molar-refractivity contribution in [3.63, 3.8) is 0 Å². The zero-order chi connectivity index (χ0) is 17.2. The van der Waals surface area contributed by atoms with E-state index in [9.17, 15) is 8.42 Å². The standard InChI is InChI=1S/C17H22N2O3S2/c1-13(19-9-7-17-14(12-19)8-10-23-17)11-18-24(20,21)16-5-3-15(22-2)4-6-16/h3-6,8,10,13,18H,7,9,11-12H2,1-2H3. The largest absolute Gasteiger partial charge is 0.497 e. The van der Waals surface area contributed by atoms with Crippen molar-refractivity contribution in [3.05, 3.63) is 46.2 Å². The van der Waals surface area contributed by atoms with E-state index in [1.807, 2.05) is 11.3 Å².